The van der Waals surface area contributed by atoms with Gasteiger partial charge >= 0.3 is 0 Å². The number of rotatable bonds is 4. The van der Waals surface area contributed by atoms with Crippen molar-refractivity contribution >= 4 is 34.4 Å². The molecule has 2 aromatic carbocycles. The quantitative estimate of drug-likeness (QED) is 0.543. The molecule has 0 aliphatic rings. The first-order valence-corrected chi connectivity index (χ1v) is 8.39. The average molecular weight is 342 g/mol. The van der Waals surface area contributed by atoms with Crippen LogP contribution < -0.4 is 0 Å². The van der Waals surface area contributed by atoms with Crippen LogP contribution in [0, 0.1) is 0 Å². The Balaban J connectivity index is 1.49. The molecule has 0 radical (unpaired) electrons. The molecule has 114 valence electrons. The minimum absolute atomic E-state index is 0.646. The van der Waals surface area contributed by atoms with Crippen LogP contribution in [-0.4, -0.2) is 25.1 Å². The summed E-state index contributed by atoms with van der Waals surface area (Å²) in [4.78, 5) is 12.3. The maximum absolute atomic E-state index is 6.00. The van der Waals surface area contributed by atoms with E-state index in [9.17, 15) is 0 Å². The van der Waals surface area contributed by atoms with E-state index in [1.807, 2.05) is 48.5 Å². The Bertz CT molecular complexity index is 929. The van der Waals surface area contributed by atoms with Gasteiger partial charge in [0.2, 0.25) is 0 Å². The highest BCUT2D eigenvalue weighted by Crippen LogP contribution is 2.23. The maximum atomic E-state index is 6.00. The molecule has 0 aliphatic carbocycles. The number of aromatic amines is 2. The number of imidazole rings is 1. The Kier molecular flexibility index (Phi) is 3.77. The highest BCUT2D eigenvalue weighted by Gasteiger charge is 2.08. The number of para-hydroxylation sites is 2. The van der Waals surface area contributed by atoms with E-state index in [1.54, 1.807) is 11.8 Å². The van der Waals surface area contributed by atoms with Crippen molar-refractivity contribution in [3.63, 3.8) is 0 Å². The molecule has 4 aromatic rings. The SMILES string of the molecule is Clc1cccc(-c2n[nH]c(CSc3nc4ccccc4[nH]3)n2)c1. The molecule has 0 amide bonds. The third-order valence-corrected chi connectivity index (χ3v) is 4.45. The van der Waals surface area contributed by atoms with Gasteiger partial charge in [0.15, 0.2) is 11.0 Å². The molecular formula is C16H12ClN5S. The van der Waals surface area contributed by atoms with Crippen LogP contribution in [0.2, 0.25) is 5.02 Å². The van der Waals surface area contributed by atoms with Gasteiger partial charge in [0.25, 0.3) is 0 Å². The summed E-state index contributed by atoms with van der Waals surface area (Å²) in [5.74, 6) is 2.10. The summed E-state index contributed by atoms with van der Waals surface area (Å²) >= 11 is 7.58. The summed E-state index contributed by atoms with van der Waals surface area (Å²) < 4.78 is 0. The van der Waals surface area contributed by atoms with Crippen LogP contribution in [0.1, 0.15) is 5.82 Å². The lowest BCUT2D eigenvalue weighted by atomic mass is 10.2. The molecule has 2 heterocycles. The van der Waals surface area contributed by atoms with E-state index in [0.29, 0.717) is 16.6 Å². The summed E-state index contributed by atoms with van der Waals surface area (Å²) in [6.07, 6.45) is 0. The van der Waals surface area contributed by atoms with Crippen LogP contribution in [0.5, 0.6) is 0 Å². The number of fused-ring (bicyclic) bond motifs is 1. The highest BCUT2D eigenvalue weighted by atomic mass is 35.5. The Morgan fingerprint density at radius 1 is 1.04 bits per heavy atom. The molecule has 0 bridgehead atoms. The molecule has 0 saturated heterocycles. The Morgan fingerprint density at radius 2 is 1.96 bits per heavy atom. The normalized spacial score (nSPS) is 11.2. The summed E-state index contributed by atoms with van der Waals surface area (Å²) in [6.45, 7) is 0. The van der Waals surface area contributed by atoms with Gasteiger partial charge in [0, 0.05) is 10.6 Å². The third kappa shape index (κ3) is 3.09. The number of nitrogens with one attached hydrogen (secondary N) is 2. The molecule has 5 nitrogen and oxygen atoms in total. The number of aromatic nitrogens is 5. The number of hydrogen-bond acceptors (Lipinski definition) is 4. The summed E-state index contributed by atoms with van der Waals surface area (Å²) in [5, 5.41) is 8.74. The van der Waals surface area contributed by atoms with Gasteiger partial charge in [-0.2, -0.15) is 5.10 Å². The number of nitrogens with zero attached hydrogens (tertiary/aromatic N) is 3. The van der Waals surface area contributed by atoms with Crippen LogP contribution in [-0.2, 0) is 5.75 Å². The first-order chi connectivity index (χ1) is 11.3. The van der Waals surface area contributed by atoms with Crippen LogP contribution in [0.4, 0.5) is 0 Å². The first-order valence-electron chi connectivity index (χ1n) is 7.03. The molecule has 23 heavy (non-hydrogen) atoms. The molecule has 0 atom stereocenters. The van der Waals surface area contributed by atoms with Crippen molar-refractivity contribution in [3.8, 4) is 11.4 Å². The fourth-order valence-electron chi connectivity index (χ4n) is 2.25. The molecule has 0 unspecified atom stereocenters. The van der Waals surface area contributed by atoms with Gasteiger partial charge in [-0.25, -0.2) is 9.97 Å². The molecular weight excluding hydrogens is 330 g/mol. The van der Waals surface area contributed by atoms with E-state index in [-0.39, 0.29) is 0 Å². The van der Waals surface area contributed by atoms with Crippen LogP contribution in [0.3, 0.4) is 0 Å². The first kappa shape index (κ1) is 14.3. The van der Waals surface area contributed by atoms with E-state index >= 15 is 0 Å². The van der Waals surface area contributed by atoms with Crippen molar-refractivity contribution in [1.29, 1.82) is 0 Å². The lowest BCUT2D eigenvalue weighted by Crippen LogP contribution is -1.85. The number of benzene rings is 2. The average Bonchev–Trinajstić information content (AvgIpc) is 3.19. The highest BCUT2D eigenvalue weighted by molar-refractivity contribution is 7.98. The predicted molar refractivity (Wildman–Crippen MR) is 92.5 cm³/mol. The minimum Gasteiger partial charge on any atom is -0.333 e. The third-order valence-electron chi connectivity index (χ3n) is 3.33. The minimum atomic E-state index is 0.646. The second kappa shape index (κ2) is 6.06. The fourth-order valence-corrected chi connectivity index (χ4v) is 3.19. The predicted octanol–water partition coefficient (Wildman–Crippen LogP) is 4.29. The lowest BCUT2D eigenvalue weighted by molar-refractivity contribution is 1.02. The van der Waals surface area contributed by atoms with E-state index in [2.05, 4.69) is 25.1 Å². The molecule has 0 saturated carbocycles. The van der Waals surface area contributed by atoms with Gasteiger partial charge in [-0.05, 0) is 24.3 Å². The summed E-state index contributed by atoms with van der Waals surface area (Å²) in [7, 11) is 0. The van der Waals surface area contributed by atoms with Crippen LogP contribution in [0.15, 0.2) is 53.7 Å². The molecule has 0 spiro atoms. The summed E-state index contributed by atoms with van der Waals surface area (Å²) in [6, 6.07) is 15.5. The van der Waals surface area contributed by atoms with Gasteiger partial charge in [-0.15, -0.1) is 0 Å². The van der Waals surface area contributed by atoms with Gasteiger partial charge in [0.1, 0.15) is 5.82 Å². The van der Waals surface area contributed by atoms with Crippen LogP contribution >= 0.6 is 23.4 Å². The van der Waals surface area contributed by atoms with E-state index in [0.717, 1.165) is 27.6 Å². The Hall–Kier alpha value is -2.31. The van der Waals surface area contributed by atoms with Gasteiger partial charge in [-0.3, -0.25) is 5.10 Å². The van der Waals surface area contributed by atoms with Crippen molar-refractivity contribution in [2.45, 2.75) is 10.9 Å². The van der Waals surface area contributed by atoms with Gasteiger partial charge in [0.05, 0.1) is 16.8 Å². The van der Waals surface area contributed by atoms with Gasteiger partial charge < -0.3 is 4.98 Å². The fraction of sp³-hybridized carbons (Fsp3) is 0.0625. The van der Waals surface area contributed by atoms with Crippen molar-refractivity contribution in [2.24, 2.45) is 0 Å². The Labute approximate surface area is 141 Å². The zero-order valence-corrected chi connectivity index (χ0v) is 13.5. The number of H-pyrrole nitrogens is 2. The number of hydrogen-bond donors (Lipinski definition) is 2. The number of thioether (sulfide) groups is 1. The summed E-state index contributed by atoms with van der Waals surface area (Å²) in [5.41, 5.74) is 2.90. The second-order valence-corrected chi connectivity index (χ2v) is 6.36. The standard InChI is InChI=1S/C16H12ClN5S/c17-11-5-3-4-10(8-11)15-20-14(21-22-15)9-23-16-18-12-6-1-2-7-13(12)19-16/h1-8H,9H2,(H,18,19)(H,20,21,22). The second-order valence-electron chi connectivity index (χ2n) is 4.96. The van der Waals surface area contributed by atoms with E-state index in [1.165, 1.54) is 0 Å². The molecule has 2 aromatic heterocycles. The van der Waals surface area contributed by atoms with Crippen molar-refractivity contribution < 1.29 is 0 Å². The molecule has 0 aliphatic heterocycles. The topological polar surface area (TPSA) is 70.2 Å². The van der Waals surface area contributed by atoms with Crippen molar-refractivity contribution in [2.75, 3.05) is 0 Å². The molecule has 7 heteroatoms. The Morgan fingerprint density at radius 3 is 2.83 bits per heavy atom. The largest absolute Gasteiger partial charge is 0.333 e. The smallest absolute Gasteiger partial charge is 0.181 e. The van der Waals surface area contributed by atoms with E-state index in [4.69, 9.17) is 11.6 Å². The zero-order valence-electron chi connectivity index (χ0n) is 12.0. The monoisotopic (exact) mass is 341 g/mol. The molecule has 2 N–H and O–H groups in total. The van der Waals surface area contributed by atoms with Gasteiger partial charge in [-0.1, -0.05) is 47.6 Å². The van der Waals surface area contributed by atoms with Crippen molar-refractivity contribution in [3.05, 3.63) is 59.4 Å². The molecule has 0 fully saturated rings. The lowest BCUT2D eigenvalue weighted by Gasteiger charge is -1.95. The molecule has 4 rings (SSSR count). The maximum Gasteiger partial charge on any atom is 0.181 e. The zero-order chi connectivity index (χ0) is 15.6. The van der Waals surface area contributed by atoms with Crippen LogP contribution in [0.25, 0.3) is 22.4 Å². The van der Waals surface area contributed by atoms with E-state index < -0.39 is 0 Å². The van der Waals surface area contributed by atoms with Crippen molar-refractivity contribution in [1.82, 2.24) is 25.1 Å². The number of halogens is 1.